The molecule has 6 heteroatoms. The Balaban J connectivity index is 1.85. The number of hydrogen-bond acceptors (Lipinski definition) is 6. The van der Waals surface area contributed by atoms with E-state index < -0.39 is 0 Å². The van der Waals surface area contributed by atoms with Gasteiger partial charge in [-0.2, -0.15) is 0 Å². The van der Waals surface area contributed by atoms with Crippen molar-refractivity contribution in [1.82, 2.24) is 9.80 Å². The van der Waals surface area contributed by atoms with Gasteiger partial charge >= 0.3 is 0 Å². The van der Waals surface area contributed by atoms with Gasteiger partial charge in [0.1, 0.15) is 5.75 Å². The zero-order valence-electron chi connectivity index (χ0n) is 21.6. The van der Waals surface area contributed by atoms with Gasteiger partial charge in [0.05, 0.1) is 10.7 Å². The van der Waals surface area contributed by atoms with E-state index in [2.05, 4.69) is 110 Å². The molecule has 1 aliphatic heterocycles. The van der Waals surface area contributed by atoms with Crippen molar-refractivity contribution >= 4 is 28.8 Å². The summed E-state index contributed by atoms with van der Waals surface area (Å²) >= 11 is 1.81. The summed E-state index contributed by atoms with van der Waals surface area (Å²) in [6, 6.07) is 14.6. The third kappa shape index (κ3) is 6.30. The minimum absolute atomic E-state index is 0.336. The van der Waals surface area contributed by atoms with Gasteiger partial charge in [0.15, 0.2) is 0 Å². The third-order valence-corrected chi connectivity index (χ3v) is 7.49. The quantitative estimate of drug-likeness (QED) is 0.429. The Labute approximate surface area is 210 Å². The summed E-state index contributed by atoms with van der Waals surface area (Å²) in [5, 5.41) is 12.2. The predicted octanol–water partition coefficient (Wildman–Crippen LogP) is 5.94. The van der Waals surface area contributed by atoms with Gasteiger partial charge in [0.25, 0.3) is 0 Å². The molecule has 0 radical (unpaired) electrons. The van der Waals surface area contributed by atoms with Crippen molar-refractivity contribution in [3.63, 3.8) is 0 Å². The molecule has 5 nitrogen and oxygen atoms in total. The molecule has 184 valence electrons. The van der Waals surface area contributed by atoms with E-state index in [4.69, 9.17) is 0 Å². The van der Waals surface area contributed by atoms with Crippen LogP contribution in [0.25, 0.3) is 5.70 Å². The molecular formula is C28H40N4OS. The fraction of sp³-hybridized carbons (Fsp3) is 0.429. The number of allylic oxidation sites excluding steroid dienone is 2. The predicted molar refractivity (Wildman–Crippen MR) is 149 cm³/mol. The Morgan fingerprint density at radius 2 is 1.76 bits per heavy atom. The fourth-order valence-electron chi connectivity index (χ4n) is 4.31. The average molecular weight is 481 g/mol. The van der Waals surface area contributed by atoms with E-state index in [0.29, 0.717) is 5.75 Å². The zero-order valence-corrected chi connectivity index (χ0v) is 22.4. The number of para-hydroxylation sites is 1. The van der Waals surface area contributed by atoms with E-state index in [1.807, 2.05) is 17.8 Å². The molecule has 0 atom stereocenters. The molecule has 1 N–H and O–H groups in total. The average Bonchev–Trinajstić information content (AvgIpc) is 3.13. The van der Waals surface area contributed by atoms with Gasteiger partial charge in [-0.1, -0.05) is 30.0 Å². The van der Waals surface area contributed by atoms with Crippen LogP contribution in [-0.2, 0) is 0 Å². The molecule has 0 spiro atoms. The summed E-state index contributed by atoms with van der Waals surface area (Å²) in [6.45, 7) is 8.09. The van der Waals surface area contributed by atoms with Crippen LogP contribution in [0, 0.1) is 0 Å². The van der Waals surface area contributed by atoms with Gasteiger partial charge < -0.3 is 24.7 Å². The first-order valence-corrected chi connectivity index (χ1v) is 13.0. The number of fused-ring (bicyclic) bond motifs is 1. The van der Waals surface area contributed by atoms with Gasteiger partial charge in [-0.05, 0) is 77.7 Å². The van der Waals surface area contributed by atoms with Crippen LogP contribution in [0.3, 0.4) is 0 Å². The van der Waals surface area contributed by atoms with Crippen LogP contribution in [0.1, 0.15) is 32.3 Å². The van der Waals surface area contributed by atoms with Crippen LogP contribution in [0.15, 0.2) is 64.5 Å². The highest BCUT2D eigenvalue weighted by molar-refractivity contribution is 8.03. The van der Waals surface area contributed by atoms with Crippen LogP contribution >= 0.6 is 11.8 Å². The van der Waals surface area contributed by atoms with Crippen molar-refractivity contribution in [3.8, 4) is 5.75 Å². The van der Waals surface area contributed by atoms with Gasteiger partial charge in [0.2, 0.25) is 0 Å². The summed E-state index contributed by atoms with van der Waals surface area (Å²) in [5.74, 6) is 0.336. The van der Waals surface area contributed by atoms with Crippen molar-refractivity contribution in [2.24, 2.45) is 0 Å². The lowest BCUT2D eigenvalue weighted by atomic mass is 10.1. The summed E-state index contributed by atoms with van der Waals surface area (Å²) < 4.78 is 0. The summed E-state index contributed by atoms with van der Waals surface area (Å²) in [6.07, 6.45) is 6.38. The number of aromatic hydroxyl groups is 1. The Hall–Kier alpha value is -2.57. The molecule has 1 heterocycles. The minimum atomic E-state index is 0.336. The second kappa shape index (κ2) is 12.2. The second-order valence-electron chi connectivity index (χ2n) is 8.95. The summed E-state index contributed by atoms with van der Waals surface area (Å²) in [4.78, 5) is 10.3. The van der Waals surface area contributed by atoms with E-state index >= 15 is 0 Å². The Kier molecular flexibility index (Phi) is 9.36. The SMILES string of the molecule is CCN(CC)c1ccc(/C(=C\C/C=C2\Sc3ccccc3N2C)N(C)CCCN(C)C)c(O)c1. The number of thioether (sulfide) groups is 1. The molecule has 3 rings (SSSR count). The van der Waals surface area contributed by atoms with Gasteiger partial charge in [0, 0.05) is 61.6 Å². The monoisotopic (exact) mass is 480 g/mol. The smallest absolute Gasteiger partial charge is 0.126 e. The lowest BCUT2D eigenvalue weighted by molar-refractivity contribution is 0.363. The topological polar surface area (TPSA) is 33.2 Å². The Morgan fingerprint density at radius 3 is 2.41 bits per heavy atom. The molecule has 0 bridgehead atoms. The van der Waals surface area contributed by atoms with Crippen molar-refractivity contribution in [2.75, 3.05) is 64.2 Å². The number of nitrogens with zero attached hydrogens (tertiary/aromatic N) is 4. The minimum Gasteiger partial charge on any atom is -0.507 e. The normalized spacial score (nSPS) is 14.7. The van der Waals surface area contributed by atoms with Crippen LogP contribution in [-0.4, -0.2) is 69.3 Å². The first kappa shape index (κ1) is 26.0. The van der Waals surface area contributed by atoms with Crippen molar-refractivity contribution in [2.45, 2.75) is 31.6 Å². The second-order valence-corrected chi connectivity index (χ2v) is 10.0. The van der Waals surface area contributed by atoms with Crippen LogP contribution < -0.4 is 9.80 Å². The third-order valence-electron chi connectivity index (χ3n) is 6.27. The fourth-order valence-corrected chi connectivity index (χ4v) is 5.40. The highest BCUT2D eigenvalue weighted by atomic mass is 32.2. The van der Waals surface area contributed by atoms with E-state index in [1.165, 1.54) is 15.6 Å². The standard InChI is InChI=1S/C28H40N4OS/c1-7-32(8-2)22-17-18-23(26(33)21-22)24(30(5)20-12-19-29(3)4)14-11-16-28-31(6)25-13-9-10-15-27(25)34-28/h9-10,13-18,21,33H,7-8,11-12,19-20H2,1-6H3/b24-14+,28-16-. The largest absolute Gasteiger partial charge is 0.507 e. The summed E-state index contributed by atoms with van der Waals surface area (Å²) in [5.41, 5.74) is 4.28. The molecule has 34 heavy (non-hydrogen) atoms. The first-order valence-electron chi connectivity index (χ1n) is 12.2. The lowest BCUT2D eigenvalue weighted by Gasteiger charge is -2.26. The van der Waals surface area contributed by atoms with Crippen molar-refractivity contribution in [3.05, 3.63) is 65.2 Å². The maximum Gasteiger partial charge on any atom is 0.126 e. The molecule has 2 aromatic rings. The van der Waals surface area contributed by atoms with E-state index in [-0.39, 0.29) is 0 Å². The first-order chi connectivity index (χ1) is 16.3. The Bertz CT molecular complexity index is 1010. The Morgan fingerprint density at radius 1 is 1.03 bits per heavy atom. The molecule has 0 saturated carbocycles. The van der Waals surface area contributed by atoms with Crippen molar-refractivity contribution in [1.29, 1.82) is 0 Å². The maximum atomic E-state index is 11.0. The van der Waals surface area contributed by atoms with Gasteiger partial charge in [-0.3, -0.25) is 0 Å². The lowest BCUT2D eigenvalue weighted by Crippen LogP contribution is -2.23. The molecule has 0 aliphatic carbocycles. The number of hydrogen-bond donors (Lipinski definition) is 1. The van der Waals surface area contributed by atoms with Crippen molar-refractivity contribution < 1.29 is 5.11 Å². The molecule has 0 fully saturated rings. The molecule has 0 amide bonds. The number of rotatable bonds is 11. The molecule has 2 aromatic carbocycles. The summed E-state index contributed by atoms with van der Waals surface area (Å²) in [7, 11) is 8.46. The highest BCUT2D eigenvalue weighted by Gasteiger charge is 2.21. The van der Waals surface area contributed by atoms with Crippen LogP contribution in [0.5, 0.6) is 5.75 Å². The highest BCUT2D eigenvalue weighted by Crippen LogP contribution is 2.44. The zero-order chi connectivity index (χ0) is 24.7. The van der Waals surface area contributed by atoms with E-state index in [0.717, 1.165) is 56.0 Å². The number of phenols is 1. The van der Waals surface area contributed by atoms with E-state index in [9.17, 15) is 5.11 Å². The van der Waals surface area contributed by atoms with Crippen LogP contribution in [0.4, 0.5) is 11.4 Å². The number of phenolic OH excluding ortho intramolecular Hbond substituents is 1. The van der Waals surface area contributed by atoms with E-state index in [1.54, 1.807) is 0 Å². The molecular weight excluding hydrogens is 440 g/mol. The van der Waals surface area contributed by atoms with Crippen LogP contribution in [0.2, 0.25) is 0 Å². The maximum absolute atomic E-state index is 11.0. The molecule has 0 unspecified atom stereocenters. The number of benzene rings is 2. The molecule has 1 aliphatic rings. The van der Waals surface area contributed by atoms with Gasteiger partial charge in [-0.25, -0.2) is 0 Å². The number of anilines is 2. The van der Waals surface area contributed by atoms with Gasteiger partial charge in [-0.15, -0.1) is 0 Å². The molecule has 0 aromatic heterocycles. The molecule has 0 saturated heterocycles.